The van der Waals surface area contributed by atoms with Crippen LogP contribution >= 0.6 is 0 Å². The second kappa shape index (κ2) is 13.1. The first-order valence-corrected chi connectivity index (χ1v) is 15.2. The number of nitrogens with two attached hydrogens (primary N) is 2. The monoisotopic (exact) mass is 550 g/mol. The van der Waals surface area contributed by atoms with Gasteiger partial charge in [0.1, 0.15) is 10.9 Å². The van der Waals surface area contributed by atoms with Gasteiger partial charge in [-0.05, 0) is 83.3 Å². The molecule has 3 rings (SSSR count). The average molecular weight is 551 g/mol. The van der Waals surface area contributed by atoms with Crippen LogP contribution in [0.4, 0.5) is 5.69 Å². The van der Waals surface area contributed by atoms with Crippen molar-refractivity contribution < 1.29 is 17.9 Å². The van der Waals surface area contributed by atoms with Gasteiger partial charge in [-0.15, -0.1) is 0 Å². The molecule has 1 amide bonds. The van der Waals surface area contributed by atoms with E-state index in [1.165, 1.54) is 0 Å². The van der Waals surface area contributed by atoms with Crippen LogP contribution in [0.2, 0.25) is 0 Å². The Hall–Kier alpha value is -2.37. The summed E-state index contributed by atoms with van der Waals surface area (Å²) in [5.74, 6) is 0.182. The van der Waals surface area contributed by atoms with Gasteiger partial charge in [-0.1, -0.05) is 19.1 Å². The Morgan fingerprint density at radius 3 is 2.76 bits per heavy atom. The number of fused-ring (bicyclic) bond motifs is 1. The Morgan fingerprint density at radius 1 is 1.29 bits per heavy atom. The van der Waals surface area contributed by atoms with E-state index in [9.17, 15) is 13.2 Å². The lowest BCUT2D eigenvalue weighted by Crippen LogP contribution is -2.53. The van der Waals surface area contributed by atoms with Crippen molar-refractivity contribution in [1.29, 1.82) is 0 Å². The Balaban J connectivity index is 1.82. The van der Waals surface area contributed by atoms with Crippen molar-refractivity contribution in [2.75, 3.05) is 31.6 Å². The number of likely N-dealkylation sites (tertiary alicyclic amines) is 1. The first kappa shape index (κ1) is 30.2. The second-order valence-corrected chi connectivity index (χ2v) is 13.2. The van der Waals surface area contributed by atoms with Crippen molar-refractivity contribution in [3.63, 3.8) is 0 Å². The number of sulfonamides is 1. The zero-order valence-corrected chi connectivity index (χ0v) is 24.1. The standard InChI is InChI=1S/C27H46N6O4S/c1-19-17-20-9-7-12-23(24(20)31-18-19)38(35,36)32-22(11-8-14-30-26(28)29)25(34)33-15-6-5-10-21(33)13-16-37-27(2,3)4/h7,9,12,19,21-22,31-32H,5-6,8,10-11,13-18H2,1-4H3,(H4,28,29,30)/t19?,21-,22-/m0/s1. The molecule has 0 bridgehead atoms. The van der Waals surface area contributed by atoms with E-state index in [2.05, 4.69) is 22.0 Å². The second-order valence-electron chi connectivity index (χ2n) is 11.5. The highest BCUT2D eigenvalue weighted by atomic mass is 32.2. The van der Waals surface area contributed by atoms with E-state index in [0.717, 1.165) is 31.2 Å². The third-order valence-corrected chi connectivity index (χ3v) is 8.55. The van der Waals surface area contributed by atoms with Gasteiger partial charge in [0.15, 0.2) is 5.96 Å². The van der Waals surface area contributed by atoms with Gasteiger partial charge in [0, 0.05) is 32.3 Å². The van der Waals surface area contributed by atoms with Crippen LogP contribution in [0.1, 0.15) is 71.8 Å². The minimum absolute atomic E-state index is 0.0101. The van der Waals surface area contributed by atoms with E-state index in [0.29, 0.717) is 50.7 Å². The van der Waals surface area contributed by atoms with Gasteiger partial charge >= 0.3 is 0 Å². The zero-order valence-electron chi connectivity index (χ0n) is 23.3. The smallest absolute Gasteiger partial charge is 0.243 e. The van der Waals surface area contributed by atoms with Gasteiger partial charge in [0.25, 0.3) is 0 Å². The molecule has 0 aromatic heterocycles. The summed E-state index contributed by atoms with van der Waals surface area (Å²) < 4.78 is 36.0. The van der Waals surface area contributed by atoms with Crippen LogP contribution in [-0.4, -0.2) is 69.1 Å². The van der Waals surface area contributed by atoms with Crippen LogP contribution in [0.5, 0.6) is 0 Å². The van der Waals surface area contributed by atoms with Gasteiger partial charge in [-0.25, -0.2) is 8.42 Å². The minimum atomic E-state index is -3.98. The molecule has 2 aliphatic rings. The maximum atomic E-state index is 13.9. The predicted octanol–water partition coefficient (Wildman–Crippen LogP) is 2.58. The molecule has 0 aliphatic carbocycles. The number of benzene rings is 1. The minimum Gasteiger partial charge on any atom is -0.383 e. The predicted molar refractivity (Wildman–Crippen MR) is 151 cm³/mol. The first-order chi connectivity index (χ1) is 17.9. The fourth-order valence-corrected chi connectivity index (χ4v) is 6.62. The Morgan fingerprint density at radius 2 is 2.05 bits per heavy atom. The van der Waals surface area contributed by atoms with Crippen LogP contribution in [0.25, 0.3) is 0 Å². The molecule has 6 N–H and O–H groups in total. The number of nitrogens with one attached hydrogen (secondary N) is 2. The quantitative estimate of drug-likeness (QED) is 0.188. The van der Waals surface area contributed by atoms with Gasteiger partial charge < -0.3 is 26.4 Å². The van der Waals surface area contributed by atoms with Crippen molar-refractivity contribution in [2.45, 2.75) is 95.2 Å². The molecule has 2 aliphatic heterocycles. The number of guanidine groups is 1. The number of piperidine rings is 1. The first-order valence-electron chi connectivity index (χ1n) is 13.8. The molecule has 11 heteroatoms. The molecular weight excluding hydrogens is 504 g/mol. The molecule has 38 heavy (non-hydrogen) atoms. The topological polar surface area (TPSA) is 152 Å². The molecule has 1 unspecified atom stereocenters. The number of hydrogen-bond acceptors (Lipinski definition) is 6. The van der Waals surface area contributed by atoms with Gasteiger partial charge in [-0.3, -0.25) is 9.79 Å². The van der Waals surface area contributed by atoms with Gasteiger partial charge in [0.2, 0.25) is 15.9 Å². The summed E-state index contributed by atoms with van der Waals surface area (Å²) in [6.07, 6.45) is 5.07. The van der Waals surface area contributed by atoms with E-state index in [-0.39, 0.29) is 34.8 Å². The van der Waals surface area contributed by atoms with Crippen molar-refractivity contribution in [1.82, 2.24) is 9.62 Å². The summed E-state index contributed by atoms with van der Waals surface area (Å²) in [4.78, 5) is 19.9. The lowest BCUT2D eigenvalue weighted by Gasteiger charge is -2.38. The summed E-state index contributed by atoms with van der Waals surface area (Å²) in [7, 11) is -3.98. The highest BCUT2D eigenvalue weighted by Gasteiger charge is 2.35. The Bertz CT molecular complexity index is 1080. The molecule has 214 valence electrons. The molecular formula is C27H46N6O4S. The fourth-order valence-electron chi connectivity index (χ4n) is 5.17. The maximum absolute atomic E-state index is 13.9. The maximum Gasteiger partial charge on any atom is 0.243 e. The average Bonchev–Trinajstić information content (AvgIpc) is 2.84. The SMILES string of the molecule is CC1CNc2c(cccc2S(=O)(=O)N[C@@H](CCCN=C(N)N)C(=O)N2CCCC[C@H]2CCOC(C)(C)C)C1. The van der Waals surface area contributed by atoms with Crippen LogP contribution in [-0.2, 0) is 26.0 Å². The molecule has 0 radical (unpaired) electrons. The molecule has 1 aromatic carbocycles. The number of hydrogen-bond donors (Lipinski definition) is 4. The van der Waals surface area contributed by atoms with Gasteiger partial charge in [-0.2, -0.15) is 4.72 Å². The molecule has 1 fully saturated rings. The lowest BCUT2D eigenvalue weighted by molar-refractivity contribution is -0.137. The normalized spacial score (nSPS) is 20.8. The number of para-hydroxylation sites is 1. The number of carbonyl (C=O) groups is 1. The van der Waals surface area contributed by atoms with E-state index >= 15 is 0 Å². The van der Waals surface area contributed by atoms with E-state index in [4.69, 9.17) is 16.2 Å². The Kier molecular flexibility index (Phi) is 10.4. The van der Waals surface area contributed by atoms with Crippen LogP contribution < -0.4 is 21.5 Å². The number of aliphatic imine (C=N–C) groups is 1. The van der Waals surface area contributed by atoms with Crippen LogP contribution in [0.15, 0.2) is 28.1 Å². The summed E-state index contributed by atoms with van der Waals surface area (Å²) in [5.41, 5.74) is 12.2. The van der Waals surface area contributed by atoms with E-state index < -0.39 is 16.1 Å². The largest absolute Gasteiger partial charge is 0.383 e. The summed E-state index contributed by atoms with van der Waals surface area (Å²) in [5, 5.41) is 3.29. The number of ether oxygens (including phenoxy) is 1. The molecule has 1 saturated heterocycles. The zero-order chi connectivity index (χ0) is 27.9. The number of amides is 1. The Labute approximate surface area is 228 Å². The molecule has 10 nitrogen and oxygen atoms in total. The molecule has 2 heterocycles. The highest BCUT2D eigenvalue weighted by Crippen LogP contribution is 2.31. The number of carbonyl (C=O) groups excluding carboxylic acids is 1. The highest BCUT2D eigenvalue weighted by molar-refractivity contribution is 7.89. The van der Waals surface area contributed by atoms with Crippen LogP contribution in [0, 0.1) is 5.92 Å². The summed E-state index contributed by atoms with van der Waals surface area (Å²) >= 11 is 0. The third kappa shape index (κ3) is 8.57. The molecule has 0 spiro atoms. The number of anilines is 1. The van der Waals surface area contributed by atoms with Gasteiger partial charge in [0.05, 0.1) is 11.3 Å². The van der Waals surface area contributed by atoms with Crippen molar-refractivity contribution in [2.24, 2.45) is 22.4 Å². The number of rotatable bonds is 11. The van der Waals surface area contributed by atoms with Crippen molar-refractivity contribution >= 4 is 27.6 Å². The van der Waals surface area contributed by atoms with E-state index in [1.807, 2.05) is 31.7 Å². The fraction of sp³-hybridized carbons (Fsp3) is 0.704. The summed E-state index contributed by atoms with van der Waals surface area (Å²) in [6, 6.07) is 4.40. The van der Waals surface area contributed by atoms with E-state index in [1.54, 1.807) is 12.1 Å². The molecule has 3 atom stereocenters. The molecule has 1 aromatic rings. The summed E-state index contributed by atoms with van der Waals surface area (Å²) in [6.45, 7) is 10.3. The third-order valence-electron chi connectivity index (χ3n) is 7.03. The van der Waals surface area contributed by atoms with Crippen molar-refractivity contribution in [3.05, 3.63) is 23.8 Å². The number of nitrogens with zero attached hydrogens (tertiary/aromatic N) is 2. The van der Waals surface area contributed by atoms with Crippen molar-refractivity contribution in [3.8, 4) is 0 Å². The van der Waals surface area contributed by atoms with Crippen LogP contribution in [0.3, 0.4) is 0 Å². The molecule has 0 saturated carbocycles. The lowest BCUT2D eigenvalue weighted by atomic mass is 9.96.